The van der Waals surface area contributed by atoms with E-state index < -0.39 is 0 Å². The van der Waals surface area contributed by atoms with Gasteiger partial charge in [-0.05, 0) is 19.9 Å². The van der Waals surface area contributed by atoms with Gasteiger partial charge in [-0.15, -0.1) is 0 Å². The summed E-state index contributed by atoms with van der Waals surface area (Å²) >= 11 is 0. The van der Waals surface area contributed by atoms with Crippen molar-refractivity contribution in [3.8, 4) is 0 Å². The van der Waals surface area contributed by atoms with E-state index in [-0.39, 0.29) is 5.82 Å². The summed E-state index contributed by atoms with van der Waals surface area (Å²) in [5, 5.41) is 0. The van der Waals surface area contributed by atoms with E-state index in [1.807, 2.05) is 24.8 Å². The van der Waals surface area contributed by atoms with Crippen LogP contribution >= 0.6 is 0 Å². The highest BCUT2D eigenvalue weighted by Gasteiger charge is 2.20. The second-order valence-electron chi connectivity index (χ2n) is 3.69. The molecule has 1 aliphatic heterocycles. The van der Waals surface area contributed by atoms with Crippen LogP contribution in [0, 0.1) is 5.82 Å². The molecule has 1 aromatic rings. The van der Waals surface area contributed by atoms with Crippen molar-refractivity contribution in [1.29, 1.82) is 0 Å². The molecule has 0 unspecified atom stereocenters. The molecular formula is C10H12BFN3. The van der Waals surface area contributed by atoms with Gasteiger partial charge in [-0.25, -0.2) is 9.37 Å². The molecule has 0 N–H and O–H groups in total. The maximum Gasteiger partial charge on any atom is 0.396 e. The minimum absolute atomic E-state index is 0.273. The molecule has 5 heteroatoms. The Labute approximate surface area is 89.5 Å². The molecular weight excluding hydrogens is 192 g/mol. The monoisotopic (exact) mass is 204 g/mol. The number of hydrogen-bond acceptors (Lipinski definition) is 3. The molecule has 77 valence electrons. The molecule has 0 fully saturated rings. The number of rotatable bonds is 2. The van der Waals surface area contributed by atoms with Gasteiger partial charge in [0, 0.05) is 30.7 Å². The standard InChI is InChI=1S/C10H12BFN3/c1-8(2)14-5-6-15(11-14)10-7-9(12)3-4-13-10/h3-8H,1-2H3. The van der Waals surface area contributed by atoms with Gasteiger partial charge in [0.05, 0.1) is 0 Å². The van der Waals surface area contributed by atoms with E-state index in [9.17, 15) is 4.39 Å². The molecule has 0 bridgehead atoms. The van der Waals surface area contributed by atoms with Gasteiger partial charge >= 0.3 is 7.55 Å². The van der Waals surface area contributed by atoms with Crippen LogP contribution in [-0.2, 0) is 0 Å². The average Bonchev–Trinajstić information content (AvgIpc) is 2.66. The zero-order valence-electron chi connectivity index (χ0n) is 8.76. The van der Waals surface area contributed by atoms with Crippen LogP contribution in [0.2, 0.25) is 0 Å². The SMILES string of the molecule is CC(C)N1[B]N(c2cc(F)ccn2)C=C1. The third-order valence-corrected chi connectivity index (χ3v) is 2.23. The highest BCUT2D eigenvalue weighted by atomic mass is 19.1. The summed E-state index contributed by atoms with van der Waals surface area (Å²) < 4.78 is 13.0. The molecule has 1 radical (unpaired) electrons. The molecule has 0 aromatic carbocycles. The van der Waals surface area contributed by atoms with Crippen molar-refractivity contribution >= 4 is 13.4 Å². The van der Waals surface area contributed by atoms with Crippen LogP contribution in [0.15, 0.2) is 30.7 Å². The van der Waals surface area contributed by atoms with E-state index in [2.05, 4.69) is 18.8 Å². The van der Waals surface area contributed by atoms with E-state index in [0.29, 0.717) is 11.9 Å². The van der Waals surface area contributed by atoms with Crippen LogP contribution in [-0.4, -0.2) is 23.4 Å². The minimum Gasteiger partial charge on any atom is -0.401 e. The number of anilines is 1. The largest absolute Gasteiger partial charge is 0.401 e. The molecule has 0 atom stereocenters. The predicted octanol–water partition coefficient (Wildman–Crippen LogP) is 1.76. The number of aromatic nitrogens is 1. The van der Waals surface area contributed by atoms with Crippen LogP contribution < -0.4 is 4.81 Å². The summed E-state index contributed by atoms with van der Waals surface area (Å²) in [5.74, 6) is 0.319. The first kappa shape index (κ1) is 10.0. The summed E-state index contributed by atoms with van der Waals surface area (Å²) in [4.78, 5) is 7.92. The topological polar surface area (TPSA) is 19.4 Å². The van der Waals surface area contributed by atoms with Crippen LogP contribution in [0.1, 0.15) is 13.8 Å². The Bertz CT molecular complexity index is 381. The predicted molar refractivity (Wildman–Crippen MR) is 58.5 cm³/mol. The molecule has 0 amide bonds. The first-order valence-electron chi connectivity index (χ1n) is 4.87. The highest BCUT2D eigenvalue weighted by Crippen LogP contribution is 2.16. The first-order chi connectivity index (χ1) is 7.16. The fourth-order valence-corrected chi connectivity index (χ4v) is 1.35. The highest BCUT2D eigenvalue weighted by molar-refractivity contribution is 6.40. The molecule has 2 heterocycles. The van der Waals surface area contributed by atoms with Crippen molar-refractivity contribution in [3.63, 3.8) is 0 Å². The van der Waals surface area contributed by atoms with Crippen molar-refractivity contribution in [3.05, 3.63) is 36.5 Å². The van der Waals surface area contributed by atoms with E-state index >= 15 is 0 Å². The van der Waals surface area contributed by atoms with Crippen molar-refractivity contribution < 1.29 is 4.39 Å². The molecule has 0 saturated heterocycles. The summed E-state index contributed by atoms with van der Waals surface area (Å²) in [6.07, 6.45) is 5.27. The number of hydrogen-bond donors (Lipinski definition) is 0. The molecule has 0 spiro atoms. The molecule has 15 heavy (non-hydrogen) atoms. The third-order valence-electron chi connectivity index (χ3n) is 2.23. The normalized spacial score (nSPS) is 14.9. The number of halogens is 1. The lowest BCUT2D eigenvalue weighted by Gasteiger charge is -2.21. The summed E-state index contributed by atoms with van der Waals surface area (Å²) in [7, 11) is 1.90. The van der Waals surface area contributed by atoms with Gasteiger partial charge in [0.1, 0.15) is 11.6 Å². The third kappa shape index (κ3) is 2.11. The summed E-state index contributed by atoms with van der Waals surface area (Å²) in [6.45, 7) is 4.17. The Hall–Kier alpha value is -1.52. The average molecular weight is 204 g/mol. The Balaban J connectivity index is 2.12. The molecule has 1 aliphatic rings. The molecule has 0 aliphatic carbocycles. The van der Waals surface area contributed by atoms with E-state index in [1.165, 1.54) is 18.3 Å². The Morgan fingerprint density at radius 1 is 1.40 bits per heavy atom. The zero-order valence-corrected chi connectivity index (χ0v) is 8.76. The molecule has 1 aromatic heterocycles. The Morgan fingerprint density at radius 3 is 2.80 bits per heavy atom. The maximum absolute atomic E-state index is 13.0. The van der Waals surface area contributed by atoms with Gasteiger partial charge in [-0.1, -0.05) is 0 Å². The Kier molecular flexibility index (Phi) is 2.62. The quantitative estimate of drug-likeness (QED) is 0.684. The van der Waals surface area contributed by atoms with Crippen molar-refractivity contribution in [2.45, 2.75) is 19.9 Å². The first-order valence-corrected chi connectivity index (χ1v) is 4.87. The lowest BCUT2D eigenvalue weighted by atomic mass is 10.1. The number of nitrogens with zero attached hydrogens (tertiary/aromatic N) is 3. The minimum atomic E-state index is -0.273. The Morgan fingerprint density at radius 2 is 2.20 bits per heavy atom. The fraction of sp³-hybridized carbons (Fsp3) is 0.300. The van der Waals surface area contributed by atoms with Gasteiger partial charge in [-0.3, -0.25) is 0 Å². The maximum atomic E-state index is 13.0. The molecule has 0 saturated carbocycles. The van der Waals surface area contributed by atoms with Crippen LogP contribution in [0.5, 0.6) is 0 Å². The lowest BCUT2D eigenvalue weighted by Crippen LogP contribution is -2.34. The van der Waals surface area contributed by atoms with E-state index in [0.717, 1.165) is 0 Å². The van der Waals surface area contributed by atoms with Gasteiger partial charge < -0.3 is 9.62 Å². The van der Waals surface area contributed by atoms with Crippen LogP contribution in [0.4, 0.5) is 10.2 Å². The van der Waals surface area contributed by atoms with Crippen LogP contribution in [0.25, 0.3) is 0 Å². The van der Waals surface area contributed by atoms with E-state index in [1.54, 1.807) is 4.81 Å². The fourth-order valence-electron chi connectivity index (χ4n) is 1.35. The van der Waals surface area contributed by atoms with Gasteiger partial charge in [-0.2, -0.15) is 0 Å². The van der Waals surface area contributed by atoms with Crippen LogP contribution in [0.3, 0.4) is 0 Å². The smallest absolute Gasteiger partial charge is 0.396 e. The second-order valence-corrected chi connectivity index (χ2v) is 3.69. The van der Waals surface area contributed by atoms with E-state index in [4.69, 9.17) is 0 Å². The van der Waals surface area contributed by atoms with Gasteiger partial charge in [0.25, 0.3) is 0 Å². The molecule has 2 rings (SSSR count). The lowest BCUT2D eigenvalue weighted by molar-refractivity contribution is 0.491. The number of pyridine rings is 1. The van der Waals surface area contributed by atoms with Gasteiger partial charge in [0.2, 0.25) is 0 Å². The zero-order chi connectivity index (χ0) is 10.8. The van der Waals surface area contributed by atoms with Gasteiger partial charge in [0.15, 0.2) is 0 Å². The van der Waals surface area contributed by atoms with Crippen molar-refractivity contribution in [1.82, 2.24) is 9.79 Å². The summed E-state index contributed by atoms with van der Waals surface area (Å²) in [5.41, 5.74) is 0. The second kappa shape index (κ2) is 3.92. The van der Waals surface area contributed by atoms with Crippen molar-refractivity contribution in [2.75, 3.05) is 4.81 Å². The van der Waals surface area contributed by atoms with Crippen molar-refractivity contribution in [2.24, 2.45) is 0 Å². The summed E-state index contributed by atoms with van der Waals surface area (Å²) in [6, 6.07) is 3.13. The molecule has 3 nitrogen and oxygen atoms in total.